The first-order chi connectivity index (χ1) is 18.4. The van der Waals surface area contributed by atoms with Crippen LogP contribution in [-0.4, -0.2) is 53.0 Å². The molecule has 4 aliphatic rings. The van der Waals surface area contributed by atoms with Gasteiger partial charge in [-0.3, -0.25) is 30.2 Å². The number of barbiturate groups is 1. The molecule has 11 heteroatoms. The molecule has 0 bridgehead atoms. The van der Waals surface area contributed by atoms with E-state index in [1.165, 1.54) is 5.70 Å². The lowest BCUT2D eigenvalue weighted by molar-refractivity contribution is -0.137. The molecule has 1 aromatic heterocycles. The van der Waals surface area contributed by atoms with E-state index in [1.54, 1.807) is 23.2 Å². The number of amides is 4. The number of urea groups is 1. The number of hydrogen-bond acceptors (Lipinski definition) is 8. The molecule has 38 heavy (non-hydrogen) atoms. The monoisotopic (exact) mass is 534 g/mol. The summed E-state index contributed by atoms with van der Waals surface area (Å²) < 4.78 is 6.10. The standard InChI is InChI=1S/C27H27ClN6O4/c28-18-5-7-19(8-6-18)33-14-2-1-4-20-16-22(11-15-34(20)33)38-23-10-9-21(17-29-23)32-13-3-12-27(32)24(35)30-26(37)31-25(27)36/h5-11,16-17H,1-4,12-15H2,(H2,30,31,35,36,37). The van der Waals surface area contributed by atoms with Crippen molar-refractivity contribution in [3.8, 4) is 5.88 Å². The summed E-state index contributed by atoms with van der Waals surface area (Å²) in [5.41, 5.74) is 1.43. The summed E-state index contributed by atoms with van der Waals surface area (Å²) >= 11 is 6.09. The van der Waals surface area contributed by atoms with Crippen molar-refractivity contribution < 1.29 is 19.1 Å². The smallest absolute Gasteiger partial charge is 0.328 e. The lowest BCUT2D eigenvalue weighted by Gasteiger charge is -2.39. The Morgan fingerprint density at radius 3 is 2.39 bits per heavy atom. The van der Waals surface area contributed by atoms with Gasteiger partial charge in [0.2, 0.25) is 5.88 Å². The molecule has 4 amide bonds. The van der Waals surface area contributed by atoms with Crippen LogP contribution in [0.3, 0.4) is 0 Å². The highest BCUT2D eigenvalue weighted by Gasteiger charge is 2.57. The van der Waals surface area contributed by atoms with Gasteiger partial charge < -0.3 is 9.64 Å². The van der Waals surface area contributed by atoms with Gasteiger partial charge >= 0.3 is 6.03 Å². The number of benzene rings is 1. The van der Waals surface area contributed by atoms with Gasteiger partial charge in [-0.2, -0.15) is 0 Å². The van der Waals surface area contributed by atoms with Gasteiger partial charge in [0, 0.05) is 36.0 Å². The van der Waals surface area contributed by atoms with Crippen molar-refractivity contribution in [1.82, 2.24) is 20.6 Å². The number of anilines is 2. The Kier molecular flexibility index (Phi) is 6.19. The Morgan fingerprint density at radius 1 is 0.895 bits per heavy atom. The average molecular weight is 535 g/mol. The van der Waals surface area contributed by atoms with Gasteiger partial charge in [-0.05, 0) is 68.5 Å². The maximum atomic E-state index is 12.7. The van der Waals surface area contributed by atoms with Crippen LogP contribution in [-0.2, 0) is 9.59 Å². The molecule has 0 radical (unpaired) electrons. The SMILES string of the molecule is O=C1NC(=O)C2(CCCN2c2ccc(OC3=CCN4C(=C3)CCCCN4c3ccc(Cl)cc3)nc2)C(=O)N1. The van der Waals surface area contributed by atoms with E-state index in [9.17, 15) is 14.4 Å². The molecule has 10 nitrogen and oxygen atoms in total. The fourth-order valence-corrected chi connectivity index (χ4v) is 5.71. The zero-order valence-corrected chi connectivity index (χ0v) is 21.4. The van der Waals surface area contributed by atoms with Gasteiger partial charge in [-0.25, -0.2) is 9.78 Å². The summed E-state index contributed by atoms with van der Waals surface area (Å²) in [5.74, 6) is -0.0848. The Hall–Kier alpha value is -4.05. The minimum Gasteiger partial charge on any atom is -0.439 e. The average Bonchev–Trinajstić information content (AvgIpc) is 3.25. The maximum absolute atomic E-state index is 12.7. The number of fused-ring (bicyclic) bond motifs is 1. The molecule has 1 spiro atoms. The highest BCUT2D eigenvalue weighted by atomic mass is 35.5. The zero-order valence-electron chi connectivity index (χ0n) is 20.7. The number of halogens is 1. The van der Waals surface area contributed by atoms with E-state index in [0.717, 1.165) is 37.3 Å². The molecular formula is C27H27ClN6O4. The van der Waals surface area contributed by atoms with Crippen molar-refractivity contribution >= 4 is 40.8 Å². The number of pyridine rings is 1. The number of nitrogens with zero attached hydrogens (tertiary/aromatic N) is 4. The van der Waals surface area contributed by atoms with Crippen molar-refractivity contribution in [1.29, 1.82) is 0 Å². The molecule has 0 saturated carbocycles. The van der Waals surface area contributed by atoms with Crippen molar-refractivity contribution in [2.75, 3.05) is 29.5 Å². The summed E-state index contributed by atoms with van der Waals surface area (Å²) in [6.07, 6.45) is 9.73. The van der Waals surface area contributed by atoms with E-state index in [0.29, 0.717) is 42.5 Å². The van der Waals surface area contributed by atoms with Crippen molar-refractivity contribution in [3.05, 3.63) is 71.2 Å². The fourth-order valence-electron chi connectivity index (χ4n) is 5.59. The van der Waals surface area contributed by atoms with Crippen LogP contribution in [0.25, 0.3) is 0 Å². The van der Waals surface area contributed by atoms with E-state index >= 15 is 0 Å². The second kappa shape index (κ2) is 9.68. The summed E-state index contributed by atoms with van der Waals surface area (Å²) in [5, 5.41) is 9.73. The molecule has 6 rings (SSSR count). The number of imide groups is 2. The first kappa shape index (κ1) is 24.3. The van der Waals surface area contributed by atoms with Crippen LogP contribution in [0.2, 0.25) is 5.02 Å². The van der Waals surface area contributed by atoms with Gasteiger partial charge in [-0.1, -0.05) is 11.6 Å². The Balaban J connectivity index is 1.17. The quantitative estimate of drug-likeness (QED) is 0.574. The molecule has 196 valence electrons. The molecule has 3 fully saturated rings. The second-order valence-electron chi connectivity index (χ2n) is 9.69. The predicted octanol–water partition coefficient (Wildman–Crippen LogP) is 3.51. The van der Waals surface area contributed by atoms with Crippen LogP contribution in [0.15, 0.2) is 66.2 Å². The number of ether oxygens (including phenoxy) is 1. The van der Waals surface area contributed by atoms with Crippen LogP contribution in [0, 0.1) is 0 Å². The minimum absolute atomic E-state index is 0.320. The molecule has 3 saturated heterocycles. The molecule has 4 aliphatic heterocycles. The number of aromatic nitrogens is 1. The number of allylic oxidation sites excluding steroid dienone is 2. The first-order valence-corrected chi connectivity index (χ1v) is 13.1. The number of carbonyl (C=O) groups is 3. The van der Waals surface area contributed by atoms with Crippen LogP contribution >= 0.6 is 11.6 Å². The topological polar surface area (TPSA) is 107 Å². The summed E-state index contributed by atoms with van der Waals surface area (Å²) in [7, 11) is 0. The van der Waals surface area contributed by atoms with Gasteiger partial charge in [0.25, 0.3) is 11.8 Å². The van der Waals surface area contributed by atoms with E-state index in [4.69, 9.17) is 16.3 Å². The van der Waals surface area contributed by atoms with Crippen molar-refractivity contribution in [2.24, 2.45) is 0 Å². The highest BCUT2D eigenvalue weighted by molar-refractivity contribution is 6.30. The third-order valence-corrected chi connectivity index (χ3v) is 7.67. The van der Waals surface area contributed by atoms with E-state index < -0.39 is 23.4 Å². The second-order valence-corrected chi connectivity index (χ2v) is 10.1. The molecule has 2 N–H and O–H groups in total. The van der Waals surface area contributed by atoms with E-state index in [2.05, 4.69) is 31.7 Å². The molecule has 0 aliphatic carbocycles. The lowest BCUT2D eigenvalue weighted by atomic mass is 9.92. The zero-order chi connectivity index (χ0) is 26.3. The summed E-state index contributed by atoms with van der Waals surface area (Å²) in [4.78, 5) is 43.2. The fraction of sp³-hybridized carbons (Fsp3) is 0.333. The Labute approximate surface area is 224 Å². The van der Waals surface area contributed by atoms with Gasteiger partial charge in [0.1, 0.15) is 5.76 Å². The number of carbonyl (C=O) groups excluding carboxylic acids is 3. The van der Waals surface area contributed by atoms with E-state index in [1.807, 2.05) is 30.3 Å². The molecule has 5 heterocycles. The molecule has 1 aromatic carbocycles. The van der Waals surface area contributed by atoms with Crippen molar-refractivity contribution in [2.45, 2.75) is 37.6 Å². The molecular weight excluding hydrogens is 508 g/mol. The normalized spacial score (nSPS) is 20.9. The summed E-state index contributed by atoms with van der Waals surface area (Å²) in [6.45, 7) is 2.09. The number of hydrazine groups is 1. The Bertz CT molecular complexity index is 1320. The minimum atomic E-state index is -1.45. The molecule has 0 atom stereocenters. The van der Waals surface area contributed by atoms with Gasteiger partial charge in [-0.15, -0.1) is 0 Å². The van der Waals surface area contributed by atoms with Crippen molar-refractivity contribution in [3.63, 3.8) is 0 Å². The van der Waals surface area contributed by atoms with E-state index in [-0.39, 0.29) is 0 Å². The molecule has 0 unspecified atom stereocenters. The van der Waals surface area contributed by atoms with Crippen LogP contribution < -0.4 is 25.3 Å². The van der Waals surface area contributed by atoms with Gasteiger partial charge in [0.05, 0.1) is 24.1 Å². The molecule has 2 aromatic rings. The summed E-state index contributed by atoms with van der Waals surface area (Å²) in [6, 6.07) is 10.6. The third-order valence-electron chi connectivity index (χ3n) is 7.42. The maximum Gasteiger partial charge on any atom is 0.328 e. The van der Waals surface area contributed by atoms with Gasteiger partial charge in [0.15, 0.2) is 5.54 Å². The largest absolute Gasteiger partial charge is 0.439 e. The van der Waals surface area contributed by atoms with Crippen LogP contribution in [0.1, 0.15) is 32.1 Å². The predicted molar refractivity (Wildman–Crippen MR) is 141 cm³/mol. The Morgan fingerprint density at radius 2 is 1.66 bits per heavy atom. The van der Waals surface area contributed by atoms with Crippen LogP contribution in [0.4, 0.5) is 16.2 Å². The first-order valence-electron chi connectivity index (χ1n) is 12.7. The number of nitrogens with one attached hydrogen (secondary N) is 2. The highest BCUT2D eigenvalue weighted by Crippen LogP contribution is 2.36. The third kappa shape index (κ3) is 4.24. The lowest BCUT2D eigenvalue weighted by Crippen LogP contribution is -2.71. The van der Waals surface area contributed by atoms with Crippen LogP contribution in [0.5, 0.6) is 5.88 Å². The number of rotatable bonds is 4. The number of hydrogen-bond donors (Lipinski definition) is 2.